The lowest BCUT2D eigenvalue weighted by molar-refractivity contribution is -0.132. The lowest BCUT2D eigenvalue weighted by Gasteiger charge is -2.28. The van der Waals surface area contributed by atoms with Gasteiger partial charge in [0.25, 0.3) is 5.56 Å². The van der Waals surface area contributed by atoms with Crippen molar-refractivity contribution in [3.05, 3.63) is 33.9 Å². The summed E-state index contributed by atoms with van der Waals surface area (Å²) in [5.74, 6) is 0.00839. The molecule has 2 aromatic heterocycles. The average molecular weight is 317 g/mol. The number of H-pyrrole nitrogens is 1. The van der Waals surface area contributed by atoms with Gasteiger partial charge in [0.2, 0.25) is 5.91 Å². The second-order valence-electron chi connectivity index (χ2n) is 6.05. The van der Waals surface area contributed by atoms with Crippen molar-refractivity contribution in [3.63, 3.8) is 0 Å². The van der Waals surface area contributed by atoms with Crippen LogP contribution in [0.15, 0.2) is 17.1 Å². The summed E-state index contributed by atoms with van der Waals surface area (Å²) in [7, 11) is 0. The van der Waals surface area contributed by atoms with E-state index in [1.54, 1.807) is 19.2 Å². The van der Waals surface area contributed by atoms with Crippen molar-refractivity contribution in [2.75, 3.05) is 19.6 Å². The minimum atomic E-state index is -0.188. The highest BCUT2D eigenvalue weighted by molar-refractivity contribution is 5.79. The van der Waals surface area contributed by atoms with Crippen LogP contribution < -0.4 is 10.9 Å². The van der Waals surface area contributed by atoms with Gasteiger partial charge in [-0.05, 0) is 26.3 Å². The minimum absolute atomic E-state index is 0.00839. The van der Waals surface area contributed by atoms with Crippen LogP contribution in [-0.2, 0) is 11.2 Å². The molecule has 23 heavy (non-hydrogen) atoms. The summed E-state index contributed by atoms with van der Waals surface area (Å²) >= 11 is 0. The molecule has 3 rings (SSSR count). The fourth-order valence-electron chi connectivity index (χ4n) is 3.22. The summed E-state index contributed by atoms with van der Waals surface area (Å²) in [6.07, 6.45) is 3.66. The van der Waals surface area contributed by atoms with Crippen LogP contribution in [0, 0.1) is 6.92 Å². The van der Waals surface area contributed by atoms with Crippen LogP contribution in [-0.4, -0.2) is 51.1 Å². The number of aromatic amines is 1. The number of nitrogens with one attached hydrogen (secondary N) is 2. The molecule has 2 aromatic rings. The first kappa shape index (κ1) is 15.7. The van der Waals surface area contributed by atoms with Crippen molar-refractivity contribution < 1.29 is 4.79 Å². The van der Waals surface area contributed by atoms with Gasteiger partial charge in [0.15, 0.2) is 5.65 Å². The Kier molecular flexibility index (Phi) is 4.47. The van der Waals surface area contributed by atoms with Gasteiger partial charge in [-0.15, -0.1) is 0 Å². The minimum Gasteiger partial charge on any atom is -0.338 e. The van der Waals surface area contributed by atoms with Gasteiger partial charge in [-0.3, -0.25) is 14.7 Å². The second-order valence-corrected chi connectivity index (χ2v) is 6.05. The van der Waals surface area contributed by atoms with E-state index in [1.165, 1.54) is 4.52 Å². The monoisotopic (exact) mass is 317 g/mol. The first-order valence-electron chi connectivity index (χ1n) is 8.17. The van der Waals surface area contributed by atoms with Gasteiger partial charge < -0.3 is 10.2 Å². The van der Waals surface area contributed by atoms with Gasteiger partial charge in [-0.2, -0.15) is 0 Å². The van der Waals surface area contributed by atoms with Crippen LogP contribution in [0.5, 0.6) is 0 Å². The highest BCUT2D eigenvalue weighted by Gasteiger charge is 2.27. The Labute approximate surface area is 134 Å². The third-order valence-corrected chi connectivity index (χ3v) is 4.43. The summed E-state index contributed by atoms with van der Waals surface area (Å²) in [5, 5.41) is 6.14. The van der Waals surface area contributed by atoms with Crippen LogP contribution in [0.3, 0.4) is 0 Å². The maximum absolute atomic E-state index is 12.8. The number of carbonyl (C=O) groups is 1. The van der Waals surface area contributed by atoms with Crippen molar-refractivity contribution >= 4 is 11.6 Å². The molecule has 0 spiro atoms. The molecule has 1 aliphatic heterocycles. The normalized spacial score (nSPS) is 17.7. The molecule has 1 atom stereocenters. The maximum Gasteiger partial charge on any atom is 0.276 e. The smallest absolute Gasteiger partial charge is 0.276 e. The predicted molar refractivity (Wildman–Crippen MR) is 87.5 cm³/mol. The molecule has 3 heterocycles. The predicted octanol–water partition coefficient (Wildman–Crippen LogP) is 0.474. The molecule has 0 saturated carbocycles. The number of nitrogens with zero attached hydrogens (tertiary/aromatic N) is 3. The fraction of sp³-hybridized carbons (Fsp3) is 0.562. The molecule has 0 aliphatic carbocycles. The number of amides is 1. The number of aromatic nitrogens is 3. The van der Waals surface area contributed by atoms with E-state index in [-0.39, 0.29) is 23.9 Å². The van der Waals surface area contributed by atoms with E-state index in [1.807, 2.05) is 4.90 Å². The summed E-state index contributed by atoms with van der Waals surface area (Å²) in [6.45, 7) is 6.35. The third-order valence-electron chi connectivity index (χ3n) is 4.43. The average Bonchev–Trinajstić information content (AvgIpc) is 3.19. The van der Waals surface area contributed by atoms with E-state index in [4.69, 9.17) is 0 Å². The van der Waals surface area contributed by atoms with E-state index in [0.717, 1.165) is 32.5 Å². The summed E-state index contributed by atoms with van der Waals surface area (Å²) in [4.78, 5) is 31.7. The highest BCUT2D eigenvalue weighted by atomic mass is 16.2. The molecule has 1 saturated heterocycles. The number of hydrogen-bond acceptors (Lipinski definition) is 4. The zero-order valence-corrected chi connectivity index (χ0v) is 13.6. The molecule has 0 aromatic carbocycles. The fourth-order valence-corrected chi connectivity index (χ4v) is 3.22. The van der Waals surface area contributed by atoms with Crippen molar-refractivity contribution in [3.8, 4) is 0 Å². The van der Waals surface area contributed by atoms with Crippen LogP contribution in [0.2, 0.25) is 0 Å². The number of carbonyl (C=O) groups excluding carboxylic acids is 1. The zero-order valence-electron chi connectivity index (χ0n) is 13.6. The number of hydrogen-bond donors (Lipinski definition) is 2. The lowest BCUT2D eigenvalue weighted by Crippen LogP contribution is -2.43. The van der Waals surface area contributed by atoms with Crippen LogP contribution >= 0.6 is 0 Å². The van der Waals surface area contributed by atoms with Crippen molar-refractivity contribution in [2.45, 2.75) is 39.2 Å². The second kappa shape index (κ2) is 6.54. The van der Waals surface area contributed by atoms with E-state index in [9.17, 15) is 9.59 Å². The van der Waals surface area contributed by atoms with Gasteiger partial charge in [-0.1, -0.05) is 6.92 Å². The Morgan fingerprint density at radius 3 is 3.04 bits per heavy atom. The Morgan fingerprint density at radius 1 is 1.52 bits per heavy atom. The molecule has 7 heteroatoms. The van der Waals surface area contributed by atoms with Gasteiger partial charge >= 0.3 is 0 Å². The molecular weight excluding hydrogens is 294 g/mol. The van der Waals surface area contributed by atoms with E-state index in [2.05, 4.69) is 22.3 Å². The lowest BCUT2D eigenvalue weighted by atomic mass is 10.1. The summed E-state index contributed by atoms with van der Waals surface area (Å²) in [5.41, 5.74) is 1.49. The third kappa shape index (κ3) is 3.01. The van der Waals surface area contributed by atoms with Crippen LogP contribution in [0.1, 0.15) is 31.0 Å². The SMILES string of the molecule is CCCN(C(=O)Cc1c(C)nc2cc[nH]n2c1=O)C1CCNC1. The van der Waals surface area contributed by atoms with Crippen LogP contribution in [0.4, 0.5) is 0 Å². The molecule has 1 unspecified atom stereocenters. The van der Waals surface area contributed by atoms with Gasteiger partial charge in [0.1, 0.15) is 0 Å². The van der Waals surface area contributed by atoms with Gasteiger partial charge in [-0.25, -0.2) is 9.50 Å². The molecule has 0 radical (unpaired) electrons. The first-order valence-corrected chi connectivity index (χ1v) is 8.17. The Hall–Kier alpha value is -2.15. The quantitative estimate of drug-likeness (QED) is 0.840. The van der Waals surface area contributed by atoms with Gasteiger partial charge in [0, 0.05) is 42.7 Å². The van der Waals surface area contributed by atoms with Gasteiger partial charge in [0.05, 0.1) is 6.42 Å². The van der Waals surface area contributed by atoms with Crippen molar-refractivity contribution in [1.29, 1.82) is 0 Å². The summed E-state index contributed by atoms with van der Waals surface area (Å²) in [6, 6.07) is 1.97. The van der Waals surface area contributed by atoms with E-state index >= 15 is 0 Å². The Balaban J connectivity index is 1.87. The Bertz CT molecular complexity index is 757. The number of fused-ring (bicyclic) bond motifs is 1. The molecular formula is C16H23N5O2. The van der Waals surface area contributed by atoms with Crippen molar-refractivity contribution in [1.82, 2.24) is 24.8 Å². The molecule has 2 N–H and O–H groups in total. The zero-order chi connectivity index (χ0) is 16.4. The molecule has 124 valence electrons. The summed E-state index contributed by atoms with van der Waals surface area (Å²) < 4.78 is 1.39. The number of aryl methyl sites for hydroxylation is 1. The largest absolute Gasteiger partial charge is 0.338 e. The molecule has 0 bridgehead atoms. The molecule has 1 aliphatic rings. The standard InChI is InChI=1S/C16H23N5O2/c1-3-8-20(12-4-6-17-10-12)15(22)9-13-11(2)19-14-5-7-18-21(14)16(13)23/h5,7,12,17-18H,3-4,6,8-10H2,1-2H3. The van der Waals surface area contributed by atoms with Crippen molar-refractivity contribution in [2.24, 2.45) is 0 Å². The first-order chi connectivity index (χ1) is 11.1. The number of rotatable bonds is 5. The van der Waals surface area contributed by atoms with E-state index < -0.39 is 0 Å². The maximum atomic E-state index is 12.8. The Morgan fingerprint density at radius 2 is 2.35 bits per heavy atom. The molecule has 1 fully saturated rings. The van der Waals surface area contributed by atoms with Crippen LogP contribution in [0.25, 0.3) is 5.65 Å². The molecule has 7 nitrogen and oxygen atoms in total. The topological polar surface area (TPSA) is 82.5 Å². The highest BCUT2D eigenvalue weighted by Crippen LogP contribution is 2.12. The van der Waals surface area contributed by atoms with E-state index in [0.29, 0.717) is 16.9 Å². The molecule has 1 amide bonds.